The van der Waals surface area contributed by atoms with Gasteiger partial charge in [-0.05, 0) is 19.3 Å². The molecule has 0 fully saturated rings. The number of amides is 1. The van der Waals surface area contributed by atoms with E-state index in [4.69, 9.17) is 9.47 Å². The molecule has 8 nitrogen and oxygen atoms in total. The van der Waals surface area contributed by atoms with Crippen molar-refractivity contribution in [3.8, 4) is 0 Å². The van der Waals surface area contributed by atoms with Crippen LogP contribution in [0.1, 0.15) is 239 Å². The van der Waals surface area contributed by atoms with Gasteiger partial charge in [0.05, 0.1) is 0 Å². The lowest BCUT2D eigenvalue weighted by atomic mass is 10.0. The van der Waals surface area contributed by atoms with Gasteiger partial charge in [0.1, 0.15) is 18.8 Å². The molecule has 0 heterocycles. The van der Waals surface area contributed by atoms with Crippen molar-refractivity contribution in [2.45, 2.75) is 251 Å². The molecule has 0 bridgehead atoms. The van der Waals surface area contributed by atoms with Gasteiger partial charge in [-0.3, -0.25) is 14.4 Å². The van der Waals surface area contributed by atoms with Crippen molar-refractivity contribution in [3.63, 3.8) is 0 Å². The zero-order valence-electron chi connectivity index (χ0n) is 36.1. The monoisotopic (exact) mass is 798 g/mol. The number of carboxylic acids is 1. The van der Waals surface area contributed by atoms with Crippen LogP contribution in [0.3, 0.4) is 0 Å². The van der Waals surface area contributed by atoms with Crippen molar-refractivity contribution < 1.29 is 33.8 Å². The zero-order chi connectivity index (χ0) is 40.5. The fraction of sp³-hybridized carbons (Fsp3) is 0.913. The Balaban J connectivity index is 4.17. The third kappa shape index (κ3) is 38.9. The molecule has 1 amide bonds. The van der Waals surface area contributed by atoms with E-state index in [1.54, 1.807) is 0 Å². The zero-order valence-corrected chi connectivity index (χ0v) is 36.9. The van der Waals surface area contributed by atoms with Crippen LogP contribution in [0.2, 0.25) is 0 Å². The number of hydrogen-bond donors (Lipinski definition) is 2. The number of unbranched alkanes of at least 4 members (excludes halogenated alkanes) is 28. The number of esters is 2. The Bertz CT molecular complexity index is 902. The second-order valence-electron chi connectivity index (χ2n) is 15.9. The minimum absolute atomic E-state index is 0.0497. The number of carboxylic acid groups (broad SMARTS) is 1. The van der Waals surface area contributed by atoms with Crippen molar-refractivity contribution in [2.24, 2.45) is 0 Å². The fourth-order valence-corrected chi connectivity index (χ4v) is 7.87. The number of hydrogen-bond acceptors (Lipinski definition) is 7. The van der Waals surface area contributed by atoms with Crippen LogP contribution in [0, 0.1) is 0 Å². The van der Waals surface area contributed by atoms with Crippen molar-refractivity contribution >= 4 is 35.6 Å². The summed E-state index contributed by atoms with van der Waals surface area (Å²) in [6, 6.07) is -1.03. The summed E-state index contributed by atoms with van der Waals surface area (Å²) in [5.74, 6) is -1.55. The summed E-state index contributed by atoms with van der Waals surface area (Å²) in [5, 5.41) is 12.4. The maximum atomic E-state index is 12.6. The highest BCUT2D eigenvalue weighted by atomic mass is 32.2. The Morgan fingerprint density at radius 2 is 0.818 bits per heavy atom. The van der Waals surface area contributed by atoms with Gasteiger partial charge >= 0.3 is 17.9 Å². The number of aliphatic carboxylic acids is 1. The quantitative estimate of drug-likeness (QED) is 0.0462. The van der Waals surface area contributed by atoms with Crippen LogP contribution in [0.4, 0.5) is 0 Å². The highest BCUT2D eigenvalue weighted by molar-refractivity contribution is 7.99. The van der Waals surface area contributed by atoms with E-state index in [1.165, 1.54) is 127 Å². The summed E-state index contributed by atoms with van der Waals surface area (Å²) >= 11 is 1.28. The molecule has 0 aromatic carbocycles. The van der Waals surface area contributed by atoms with Crippen LogP contribution < -0.4 is 5.32 Å². The third-order valence-corrected chi connectivity index (χ3v) is 11.6. The van der Waals surface area contributed by atoms with Crippen LogP contribution in [0.5, 0.6) is 0 Å². The van der Waals surface area contributed by atoms with Crippen molar-refractivity contribution in [3.05, 3.63) is 0 Å². The van der Waals surface area contributed by atoms with Gasteiger partial charge in [-0.15, -0.1) is 0 Å². The number of nitrogens with one attached hydrogen (secondary N) is 1. The maximum Gasteiger partial charge on any atom is 0.327 e. The number of rotatable bonds is 43. The summed E-state index contributed by atoms with van der Waals surface area (Å²) in [7, 11) is 0. The molecule has 324 valence electrons. The highest BCUT2D eigenvalue weighted by Crippen LogP contribution is 2.17. The van der Waals surface area contributed by atoms with E-state index in [0.717, 1.165) is 83.5 Å². The first-order chi connectivity index (χ1) is 26.8. The second-order valence-corrected chi connectivity index (χ2v) is 17.0. The van der Waals surface area contributed by atoms with Gasteiger partial charge in [-0.1, -0.05) is 201 Å². The SMILES string of the molecule is CCCCCCCCCCCCCCCCCCCCCCCC(=O)N[C@@H](CSC[C@@H](COC(=O)CCCCCCC)OC(=O)CCCCCCC)C(=O)O. The number of carbonyl (C=O) groups excluding carboxylic acids is 3. The minimum Gasteiger partial charge on any atom is -0.480 e. The minimum atomic E-state index is -1.09. The Kier molecular flexibility index (Phi) is 40.5. The predicted molar refractivity (Wildman–Crippen MR) is 232 cm³/mol. The number of ether oxygens (including phenoxy) is 2. The molecule has 0 spiro atoms. The standard InChI is InChI=1S/C46H87NO7S/c1-4-7-10-13-14-15-16-17-18-19-20-21-22-23-24-25-26-27-28-31-32-35-43(48)47-42(46(51)52)40-55-39-41(54-45(50)37-34-30-12-9-6-3)38-53-44(49)36-33-29-11-8-5-2/h41-42H,4-40H2,1-3H3,(H,47,48)(H,51,52)/t41-,42+/m1/s1. The van der Waals surface area contributed by atoms with Gasteiger partial charge in [0.2, 0.25) is 5.91 Å². The molecule has 0 aromatic rings. The Morgan fingerprint density at radius 1 is 0.473 bits per heavy atom. The molecule has 0 aliphatic rings. The third-order valence-electron chi connectivity index (χ3n) is 10.4. The topological polar surface area (TPSA) is 119 Å². The molecule has 0 radical (unpaired) electrons. The van der Waals surface area contributed by atoms with E-state index in [-0.39, 0.29) is 36.0 Å². The molecule has 0 aliphatic carbocycles. The highest BCUT2D eigenvalue weighted by Gasteiger charge is 2.23. The van der Waals surface area contributed by atoms with Gasteiger partial charge in [0.25, 0.3) is 0 Å². The van der Waals surface area contributed by atoms with Crippen LogP contribution in [0.15, 0.2) is 0 Å². The molecule has 55 heavy (non-hydrogen) atoms. The van der Waals surface area contributed by atoms with E-state index in [2.05, 4.69) is 26.1 Å². The van der Waals surface area contributed by atoms with Crippen LogP contribution in [-0.2, 0) is 28.7 Å². The molecule has 0 aromatic heterocycles. The van der Waals surface area contributed by atoms with Crippen LogP contribution in [-0.4, -0.2) is 59.2 Å². The molecule has 0 aliphatic heterocycles. The lowest BCUT2D eigenvalue weighted by molar-refractivity contribution is -0.157. The van der Waals surface area contributed by atoms with Gasteiger partial charge in [-0.25, -0.2) is 4.79 Å². The molecular formula is C46H87NO7S. The normalized spacial score (nSPS) is 12.3. The van der Waals surface area contributed by atoms with Gasteiger partial charge in [-0.2, -0.15) is 11.8 Å². The first-order valence-electron chi connectivity index (χ1n) is 23.3. The first-order valence-corrected chi connectivity index (χ1v) is 24.4. The lowest BCUT2D eigenvalue weighted by Crippen LogP contribution is -2.42. The van der Waals surface area contributed by atoms with Crippen molar-refractivity contribution in [2.75, 3.05) is 18.1 Å². The van der Waals surface area contributed by atoms with E-state index >= 15 is 0 Å². The summed E-state index contributed by atoms with van der Waals surface area (Å²) in [6.45, 7) is 6.52. The maximum absolute atomic E-state index is 12.6. The molecular weight excluding hydrogens is 711 g/mol. The van der Waals surface area contributed by atoms with E-state index in [0.29, 0.717) is 19.3 Å². The van der Waals surface area contributed by atoms with Gasteiger partial charge in [0.15, 0.2) is 0 Å². The molecule has 0 saturated heterocycles. The molecule has 0 unspecified atom stereocenters. The summed E-state index contributed by atoms with van der Waals surface area (Å²) in [4.78, 5) is 49.4. The fourth-order valence-electron chi connectivity index (χ4n) is 6.84. The predicted octanol–water partition coefficient (Wildman–Crippen LogP) is 13.1. The van der Waals surface area contributed by atoms with Crippen LogP contribution >= 0.6 is 11.8 Å². The van der Waals surface area contributed by atoms with Gasteiger partial charge in [0, 0.05) is 30.8 Å². The van der Waals surface area contributed by atoms with E-state index in [1.807, 2.05) is 0 Å². The second kappa shape index (κ2) is 41.9. The largest absolute Gasteiger partial charge is 0.480 e. The van der Waals surface area contributed by atoms with Gasteiger partial charge < -0.3 is 19.9 Å². The molecule has 0 rings (SSSR count). The first kappa shape index (κ1) is 53.2. The molecule has 9 heteroatoms. The van der Waals surface area contributed by atoms with Crippen molar-refractivity contribution in [1.82, 2.24) is 5.32 Å². The summed E-state index contributed by atoms with van der Waals surface area (Å²) in [5.41, 5.74) is 0. The van der Waals surface area contributed by atoms with E-state index in [9.17, 15) is 24.3 Å². The Labute approximate surface area is 343 Å². The molecule has 0 saturated carbocycles. The Morgan fingerprint density at radius 3 is 1.20 bits per heavy atom. The Hall–Kier alpha value is -1.77. The molecule has 2 atom stereocenters. The smallest absolute Gasteiger partial charge is 0.327 e. The summed E-state index contributed by atoms with van der Waals surface area (Å²) < 4.78 is 11.1. The average molecular weight is 798 g/mol. The number of thioether (sulfide) groups is 1. The summed E-state index contributed by atoms with van der Waals surface area (Å²) in [6.07, 6.45) is 38.0. The number of carbonyl (C=O) groups is 4. The van der Waals surface area contributed by atoms with E-state index < -0.39 is 18.1 Å². The molecule has 2 N–H and O–H groups in total. The average Bonchev–Trinajstić information content (AvgIpc) is 3.16. The van der Waals surface area contributed by atoms with Crippen molar-refractivity contribution in [1.29, 1.82) is 0 Å². The van der Waals surface area contributed by atoms with Crippen LogP contribution in [0.25, 0.3) is 0 Å². The lowest BCUT2D eigenvalue weighted by Gasteiger charge is -2.19.